The van der Waals surface area contributed by atoms with Gasteiger partial charge in [-0.05, 0) is 23.8 Å². The van der Waals surface area contributed by atoms with E-state index in [1.54, 1.807) is 25.4 Å². The molecule has 8 heteroatoms. The van der Waals surface area contributed by atoms with Gasteiger partial charge in [0.25, 0.3) is 5.56 Å². The molecule has 0 saturated heterocycles. The second-order valence-electron chi connectivity index (χ2n) is 4.74. The zero-order chi connectivity index (χ0) is 15.7. The zero-order valence-corrected chi connectivity index (χ0v) is 12.1. The molecule has 0 bridgehead atoms. The fourth-order valence-corrected chi connectivity index (χ4v) is 1.93. The van der Waals surface area contributed by atoms with Crippen LogP contribution in [0.4, 0.5) is 5.82 Å². The summed E-state index contributed by atoms with van der Waals surface area (Å²) in [6.07, 6.45) is 1.59. The third-order valence-electron chi connectivity index (χ3n) is 3.26. The summed E-state index contributed by atoms with van der Waals surface area (Å²) >= 11 is 0. The third kappa shape index (κ3) is 2.58. The first-order valence-corrected chi connectivity index (χ1v) is 6.52. The first kappa shape index (κ1) is 13.9. The maximum atomic E-state index is 11.6. The van der Waals surface area contributed by atoms with Crippen LogP contribution < -0.4 is 25.7 Å². The molecule has 0 amide bonds. The molecule has 1 aromatic heterocycles. The van der Waals surface area contributed by atoms with Crippen molar-refractivity contribution in [3.05, 3.63) is 50.7 Å². The first-order chi connectivity index (χ1) is 10.5. The van der Waals surface area contributed by atoms with Gasteiger partial charge in [-0.15, -0.1) is 0 Å². The zero-order valence-electron chi connectivity index (χ0n) is 12.1. The summed E-state index contributed by atoms with van der Waals surface area (Å²) in [4.78, 5) is 25.7. The Labute approximate surface area is 125 Å². The second-order valence-corrected chi connectivity index (χ2v) is 4.74. The van der Waals surface area contributed by atoms with Gasteiger partial charge in [0.15, 0.2) is 11.5 Å². The Balaban J connectivity index is 1.83. The van der Waals surface area contributed by atoms with Crippen LogP contribution in [0.1, 0.15) is 5.56 Å². The highest BCUT2D eigenvalue weighted by atomic mass is 16.7. The van der Waals surface area contributed by atoms with E-state index in [1.807, 2.05) is 6.07 Å². The molecule has 8 nitrogen and oxygen atoms in total. The van der Waals surface area contributed by atoms with Gasteiger partial charge in [0.1, 0.15) is 5.82 Å². The molecule has 22 heavy (non-hydrogen) atoms. The highest BCUT2D eigenvalue weighted by molar-refractivity contribution is 5.81. The van der Waals surface area contributed by atoms with Crippen LogP contribution in [0.15, 0.2) is 39.0 Å². The number of fused-ring (bicyclic) bond motifs is 1. The highest BCUT2D eigenvalue weighted by Crippen LogP contribution is 2.31. The van der Waals surface area contributed by atoms with Crippen LogP contribution in [0.3, 0.4) is 0 Å². The minimum absolute atomic E-state index is 0.213. The van der Waals surface area contributed by atoms with Gasteiger partial charge in [-0.1, -0.05) is 0 Å². The van der Waals surface area contributed by atoms with Gasteiger partial charge in [0.05, 0.1) is 6.21 Å². The molecule has 1 aliphatic rings. The monoisotopic (exact) mass is 302 g/mol. The van der Waals surface area contributed by atoms with E-state index in [9.17, 15) is 9.59 Å². The molecule has 1 aromatic carbocycles. The molecule has 1 N–H and O–H groups in total. The lowest BCUT2D eigenvalue weighted by Gasteiger charge is -2.12. The van der Waals surface area contributed by atoms with E-state index in [1.165, 1.54) is 18.1 Å². The lowest BCUT2D eigenvalue weighted by atomic mass is 10.2. The van der Waals surface area contributed by atoms with Gasteiger partial charge < -0.3 is 9.47 Å². The van der Waals surface area contributed by atoms with Crippen molar-refractivity contribution in [3.63, 3.8) is 0 Å². The highest BCUT2D eigenvalue weighted by Gasteiger charge is 2.12. The van der Waals surface area contributed by atoms with Crippen molar-refractivity contribution in [2.75, 3.05) is 18.8 Å². The van der Waals surface area contributed by atoms with Crippen molar-refractivity contribution < 1.29 is 9.47 Å². The predicted molar refractivity (Wildman–Crippen MR) is 80.9 cm³/mol. The van der Waals surface area contributed by atoms with Gasteiger partial charge >= 0.3 is 5.69 Å². The molecule has 3 rings (SSSR count). The molecule has 0 radical (unpaired) electrons. The SMILES string of the molecule is CN(N=Cc1ccc2c(c1)OCO2)c1cc(=O)n(C)c(=O)[nH]1. The number of aromatic amines is 1. The number of nitrogens with zero attached hydrogens (tertiary/aromatic N) is 3. The van der Waals surface area contributed by atoms with Gasteiger partial charge in [-0.25, -0.2) is 4.79 Å². The minimum Gasteiger partial charge on any atom is -0.454 e. The van der Waals surface area contributed by atoms with Crippen LogP contribution in [0.5, 0.6) is 11.5 Å². The Bertz CT molecular complexity index is 821. The van der Waals surface area contributed by atoms with Crippen molar-refractivity contribution >= 4 is 12.0 Å². The molecule has 1 aliphatic heterocycles. The maximum absolute atomic E-state index is 11.6. The van der Waals surface area contributed by atoms with Crippen molar-refractivity contribution in [2.24, 2.45) is 12.1 Å². The Hall–Kier alpha value is -3.03. The van der Waals surface area contributed by atoms with E-state index >= 15 is 0 Å². The van der Waals surface area contributed by atoms with Crippen LogP contribution in [-0.2, 0) is 7.05 Å². The normalized spacial score (nSPS) is 12.8. The number of hydrogen-bond acceptors (Lipinski definition) is 6. The fraction of sp³-hybridized carbons (Fsp3) is 0.214. The summed E-state index contributed by atoms with van der Waals surface area (Å²) in [6, 6.07) is 6.73. The summed E-state index contributed by atoms with van der Waals surface area (Å²) in [5.74, 6) is 1.67. The number of H-pyrrole nitrogens is 1. The quantitative estimate of drug-likeness (QED) is 0.649. The average Bonchev–Trinajstić information content (AvgIpc) is 2.97. The summed E-state index contributed by atoms with van der Waals surface area (Å²) in [7, 11) is 3.04. The van der Waals surface area contributed by atoms with Crippen LogP contribution in [-0.4, -0.2) is 29.6 Å². The fourth-order valence-electron chi connectivity index (χ4n) is 1.93. The van der Waals surface area contributed by atoms with E-state index in [0.717, 1.165) is 10.1 Å². The van der Waals surface area contributed by atoms with Gasteiger partial charge in [0, 0.05) is 20.2 Å². The number of ether oxygens (including phenoxy) is 2. The first-order valence-electron chi connectivity index (χ1n) is 6.52. The minimum atomic E-state index is -0.493. The number of anilines is 1. The number of hydrazone groups is 1. The molecule has 0 fully saturated rings. The number of hydrogen-bond donors (Lipinski definition) is 1. The number of aromatic nitrogens is 2. The summed E-state index contributed by atoms with van der Waals surface area (Å²) < 4.78 is 11.5. The molecule has 0 aliphatic carbocycles. The van der Waals surface area contributed by atoms with Crippen LogP contribution in [0.25, 0.3) is 0 Å². The summed E-state index contributed by atoms with van der Waals surface area (Å²) in [5.41, 5.74) is -0.0845. The molecule has 0 atom stereocenters. The molecular formula is C14H14N4O4. The molecular weight excluding hydrogens is 288 g/mol. The molecule has 114 valence electrons. The molecule has 0 saturated carbocycles. The standard InChI is InChI=1S/C14H14N4O4/c1-17-13(19)6-12(16-14(17)20)18(2)15-7-9-3-4-10-11(5-9)22-8-21-10/h3-7H,8H2,1-2H3,(H,16,20). The van der Waals surface area contributed by atoms with Gasteiger partial charge in [-0.3, -0.25) is 19.4 Å². The van der Waals surface area contributed by atoms with E-state index in [0.29, 0.717) is 17.3 Å². The lowest BCUT2D eigenvalue weighted by molar-refractivity contribution is 0.174. The molecule has 0 unspecified atom stereocenters. The Morgan fingerprint density at radius 2 is 2.05 bits per heavy atom. The van der Waals surface area contributed by atoms with Gasteiger partial charge in [0.2, 0.25) is 6.79 Å². The van der Waals surface area contributed by atoms with Crippen molar-refractivity contribution in [1.82, 2.24) is 9.55 Å². The van der Waals surface area contributed by atoms with Gasteiger partial charge in [-0.2, -0.15) is 5.10 Å². The molecule has 2 aromatic rings. The van der Waals surface area contributed by atoms with E-state index in [2.05, 4.69) is 10.1 Å². The number of nitrogens with one attached hydrogen (secondary N) is 1. The Morgan fingerprint density at radius 3 is 2.82 bits per heavy atom. The van der Waals surface area contributed by atoms with E-state index in [-0.39, 0.29) is 6.79 Å². The maximum Gasteiger partial charge on any atom is 0.329 e. The topological polar surface area (TPSA) is 88.9 Å². The second kappa shape index (κ2) is 5.40. The van der Waals surface area contributed by atoms with Crippen LogP contribution in [0.2, 0.25) is 0 Å². The summed E-state index contributed by atoms with van der Waals surface area (Å²) in [6.45, 7) is 0.213. The van der Waals surface area contributed by atoms with Crippen LogP contribution in [0, 0.1) is 0 Å². The van der Waals surface area contributed by atoms with E-state index < -0.39 is 11.2 Å². The lowest BCUT2D eigenvalue weighted by Crippen LogP contribution is -2.33. The third-order valence-corrected chi connectivity index (χ3v) is 3.26. The van der Waals surface area contributed by atoms with Crippen molar-refractivity contribution in [3.8, 4) is 11.5 Å². The van der Waals surface area contributed by atoms with Crippen molar-refractivity contribution in [2.45, 2.75) is 0 Å². The largest absolute Gasteiger partial charge is 0.454 e. The smallest absolute Gasteiger partial charge is 0.329 e. The van der Waals surface area contributed by atoms with Crippen molar-refractivity contribution in [1.29, 1.82) is 0 Å². The molecule has 2 heterocycles. The predicted octanol–water partition coefficient (Wildman–Crippen LogP) is 0.273. The number of benzene rings is 1. The Kier molecular flexibility index (Phi) is 3.42. The van der Waals surface area contributed by atoms with E-state index in [4.69, 9.17) is 9.47 Å². The molecule has 0 spiro atoms. The number of rotatable bonds is 3. The summed E-state index contributed by atoms with van der Waals surface area (Å²) in [5, 5.41) is 5.61. The Morgan fingerprint density at radius 1 is 1.27 bits per heavy atom. The van der Waals surface area contributed by atoms with Crippen LogP contribution >= 0.6 is 0 Å². The average molecular weight is 302 g/mol.